The number of nitro groups is 1. The summed E-state index contributed by atoms with van der Waals surface area (Å²) in [5.41, 5.74) is 1.35. The fourth-order valence-electron chi connectivity index (χ4n) is 2.62. The Balaban J connectivity index is 1.67. The molecule has 0 bridgehead atoms. The molecule has 34 heavy (non-hydrogen) atoms. The molecule has 0 unspecified atom stereocenters. The number of amides is 2. The Kier molecular flexibility index (Phi) is 7.77. The average Bonchev–Trinajstić information content (AvgIpc) is 2.81. The molecule has 0 aromatic heterocycles. The van der Waals surface area contributed by atoms with E-state index in [-0.39, 0.29) is 22.6 Å². The number of para-hydroxylation sites is 2. The molecule has 0 saturated carbocycles. The third kappa shape index (κ3) is 6.07. The minimum Gasteiger partial charge on any atom is -0.422 e. The highest BCUT2D eigenvalue weighted by Crippen LogP contribution is 2.22. The first-order valence-corrected chi connectivity index (χ1v) is 10.2. The molecular weight excluding hydrogens is 515 g/mol. The van der Waals surface area contributed by atoms with Crippen LogP contribution in [0.25, 0.3) is 0 Å². The molecule has 2 N–H and O–H groups in total. The van der Waals surface area contributed by atoms with E-state index in [1.165, 1.54) is 48.5 Å². The maximum atomic E-state index is 13.8. The summed E-state index contributed by atoms with van der Waals surface area (Å²) in [4.78, 5) is 46.8. The summed E-state index contributed by atoms with van der Waals surface area (Å²) < 4.78 is 19.5. The van der Waals surface area contributed by atoms with Gasteiger partial charge in [0, 0.05) is 16.1 Å². The van der Waals surface area contributed by atoms with Crippen LogP contribution in [0.1, 0.15) is 15.9 Å². The van der Waals surface area contributed by atoms with Crippen LogP contribution in [0.5, 0.6) is 5.75 Å². The molecule has 2 amide bonds. The number of anilines is 1. The molecule has 12 heteroatoms. The number of esters is 1. The number of hydrazone groups is 1. The van der Waals surface area contributed by atoms with E-state index in [4.69, 9.17) is 4.74 Å². The number of carbonyl (C=O) groups is 3. The lowest BCUT2D eigenvalue weighted by molar-refractivity contribution is -0.385. The highest BCUT2D eigenvalue weighted by molar-refractivity contribution is 9.10. The van der Waals surface area contributed by atoms with Gasteiger partial charge in [0.15, 0.2) is 0 Å². The van der Waals surface area contributed by atoms with Crippen molar-refractivity contribution in [3.05, 3.63) is 98.3 Å². The molecular formula is C22H14BrFN4O6. The van der Waals surface area contributed by atoms with Crippen molar-refractivity contribution in [2.24, 2.45) is 5.10 Å². The summed E-state index contributed by atoms with van der Waals surface area (Å²) in [5.74, 6) is -4.03. The van der Waals surface area contributed by atoms with Crippen LogP contribution in [0.15, 0.2) is 76.3 Å². The van der Waals surface area contributed by atoms with Crippen LogP contribution in [0, 0.1) is 15.9 Å². The van der Waals surface area contributed by atoms with Crippen LogP contribution in [-0.2, 0) is 9.59 Å². The number of rotatable bonds is 6. The second-order valence-electron chi connectivity index (χ2n) is 6.48. The van der Waals surface area contributed by atoms with E-state index in [1.54, 1.807) is 12.1 Å². The predicted octanol–water partition coefficient (Wildman–Crippen LogP) is 3.80. The second-order valence-corrected chi connectivity index (χ2v) is 7.39. The Hall–Kier alpha value is -4.45. The molecule has 0 fully saturated rings. The smallest absolute Gasteiger partial charge is 0.350 e. The molecule has 3 aromatic rings. The molecule has 3 aromatic carbocycles. The number of carbonyl (C=O) groups excluding carboxylic acids is 3. The normalized spacial score (nSPS) is 10.5. The lowest BCUT2D eigenvalue weighted by Crippen LogP contribution is -2.32. The molecule has 172 valence electrons. The Labute approximate surface area is 199 Å². The van der Waals surface area contributed by atoms with Crippen molar-refractivity contribution >= 4 is 51.3 Å². The van der Waals surface area contributed by atoms with Crippen molar-refractivity contribution in [2.75, 3.05) is 5.32 Å². The molecule has 0 atom stereocenters. The minimum atomic E-state index is -1.17. The quantitative estimate of drug-likeness (QED) is 0.124. The summed E-state index contributed by atoms with van der Waals surface area (Å²) >= 11 is 3.08. The van der Waals surface area contributed by atoms with Gasteiger partial charge < -0.3 is 10.1 Å². The van der Waals surface area contributed by atoms with E-state index in [9.17, 15) is 28.9 Å². The van der Waals surface area contributed by atoms with Gasteiger partial charge in [-0.25, -0.2) is 14.6 Å². The maximum absolute atomic E-state index is 13.8. The van der Waals surface area contributed by atoms with Gasteiger partial charge in [0.25, 0.3) is 5.69 Å². The van der Waals surface area contributed by atoms with Crippen molar-refractivity contribution in [2.45, 2.75) is 0 Å². The molecule has 3 rings (SSSR count). The third-order valence-electron chi connectivity index (χ3n) is 4.20. The molecule has 0 aliphatic carbocycles. The van der Waals surface area contributed by atoms with Gasteiger partial charge in [0.1, 0.15) is 17.1 Å². The zero-order valence-corrected chi connectivity index (χ0v) is 18.6. The Morgan fingerprint density at radius 2 is 1.74 bits per heavy atom. The minimum absolute atomic E-state index is 0.00466. The average molecular weight is 529 g/mol. The van der Waals surface area contributed by atoms with Gasteiger partial charge in [0.05, 0.1) is 16.8 Å². The second kappa shape index (κ2) is 10.9. The summed E-state index contributed by atoms with van der Waals surface area (Å²) in [6.45, 7) is 0. The molecule has 0 spiro atoms. The number of nitrogens with zero attached hydrogens (tertiary/aromatic N) is 2. The lowest BCUT2D eigenvalue weighted by atomic mass is 10.2. The van der Waals surface area contributed by atoms with Gasteiger partial charge >= 0.3 is 17.8 Å². The first kappa shape index (κ1) is 24.2. The Bertz CT molecular complexity index is 1310. The standard InChI is InChI=1S/C22H14BrFN4O6/c23-14-9-10-17(16(24)11-14)26-20(29)21(30)27-25-12-13-5-1-4-8-19(13)34-22(31)15-6-2-3-7-18(15)28(32)33/h1-12H,(H,26,29)(H,27,30). The first-order chi connectivity index (χ1) is 16.3. The molecule has 0 radical (unpaired) electrons. The summed E-state index contributed by atoms with van der Waals surface area (Å²) in [6.07, 6.45) is 1.10. The van der Waals surface area contributed by atoms with Crippen LogP contribution < -0.4 is 15.5 Å². The van der Waals surface area contributed by atoms with Crippen LogP contribution >= 0.6 is 15.9 Å². The lowest BCUT2D eigenvalue weighted by Gasteiger charge is -2.08. The fourth-order valence-corrected chi connectivity index (χ4v) is 2.95. The van der Waals surface area contributed by atoms with Crippen LogP contribution in [0.3, 0.4) is 0 Å². The van der Waals surface area contributed by atoms with E-state index in [1.807, 2.05) is 5.43 Å². The monoisotopic (exact) mass is 528 g/mol. The van der Waals surface area contributed by atoms with Crippen molar-refractivity contribution in [1.29, 1.82) is 0 Å². The van der Waals surface area contributed by atoms with Crippen LogP contribution in [-0.4, -0.2) is 28.9 Å². The number of hydrogen-bond donors (Lipinski definition) is 2. The summed E-state index contributed by atoms with van der Waals surface area (Å²) in [7, 11) is 0. The van der Waals surface area contributed by atoms with E-state index < -0.39 is 34.2 Å². The van der Waals surface area contributed by atoms with Gasteiger partial charge in [-0.15, -0.1) is 0 Å². The highest BCUT2D eigenvalue weighted by Gasteiger charge is 2.22. The van der Waals surface area contributed by atoms with Gasteiger partial charge in [0.2, 0.25) is 0 Å². The van der Waals surface area contributed by atoms with Crippen LogP contribution in [0.4, 0.5) is 15.8 Å². The number of nitrogens with one attached hydrogen (secondary N) is 2. The van der Waals surface area contributed by atoms with Gasteiger partial charge in [-0.1, -0.05) is 40.2 Å². The van der Waals surface area contributed by atoms with E-state index in [0.717, 1.165) is 12.3 Å². The zero-order valence-electron chi connectivity index (χ0n) is 17.0. The third-order valence-corrected chi connectivity index (χ3v) is 4.69. The van der Waals surface area contributed by atoms with Crippen molar-refractivity contribution in [3.8, 4) is 5.75 Å². The number of halogens is 2. The van der Waals surface area contributed by atoms with E-state index in [0.29, 0.717) is 4.47 Å². The molecule has 10 nitrogen and oxygen atoms in total. The number of ether oxygens (including phenoxy) is 1. The van der Waals surface area contributed by atoms with Crippen molar-refractivity contribution in [3.63, 3.8) is 0 Å². The van der Waals surface area contributed by atoms with E-state index >= 15 is 0 Å². The van der Waals surface area contributed by atoms with Crippen molar-refractivity contribution in [1.82, 2.24) is 5.43 Å². The predicted molar refractivity (Wildman–Crippen MR) is 123 cm³/mol. The summed E-state index contributed by atoms with van der Waals surface area (Å²) in [6, 6.07) is 15.2. The number of benzene rings is 3. The molecule has 0 saturated heterocycles. The SMILES string of the molecule is O=C(NN=Cc1ccccc1OC(=O)c1ccccc1[N+](=O)[O-])C(=O)Nc1ccc(Br)cc1F. The number of hydrogen-bond acceptors (Lipinski definition) is 7. The van der Waals surface area contributed by atoms with E-state index in [2.05, 4.69) is 26.3 Å². The maximum Gasteiger partial charge on any atom is 0.350 e. The topological polar surface area (TPSA) is 140 Å². The first-order valence-electron chi connectivity index (χ1n) is 9.40. The van der Waals surface area contributed by atoms with Crippen molar-refractivity contribution < 1.29 is 28.4 Å². The Morgan fingerprint density at radius 3 is 2.47 bits per heavy atom. The Morgan fingerprint density at radius 1 is 1.03 bits per heavy atom. The largest absolute Gasteiger partial charge is 0.422 e. The zero-order chi connectivity index (χ0) is 24.7. The summed E-state index contributed by atoms with van der Waals surface area (Å²) in [5, 5.41) is 16.9. The molecule has 0 aliphatic rings. The fraction of sp³-hybridized carbons (Fsp3) is 0. The van der Waals surface area contributed by atoms with Crippen LogP contribution in [0.2, 0.25) is 0 Å². The van der Waals surface area contributed by atoms with Gasteiger partial charge in [-0.3, -0.25) is 19.7 Å². The molecule has 0 heterocycles. The highest BCUT2D eigenvalue weighted by atomic mass is 79.9. The van der Waals surface area contributed by atoms with Gasteiger partial charge in [-0.05, 0) is 36.4 Å². The molecule has 0 aliphatic heterocycles. The van der Waals surface area contributed by atoms with Gasteiger partial charge in [-0.2, -0.15) is 5.10 Å². The number of nitro benzene ring substituents is 1.